The highest BCUT2D eigenvalue weighted by Crippen LogP contribution is 2.34. The number of aromatic nitrogens is 1. The van der Waals surface area contributed by atoms with Gasteiger partial charge in [0.25, 0.3) is 0 Å². The van der Waals surface area contributed by atoms with Gasteiger partial charge in [0.2, 0.25) is 0 Å². The Morgan fingerprint density at radius 3 is 2.60 bits per heavy atom. The van der Waals surface area contributed by atoms with Crippen molar-refractivity contribution in [2.75, 3.05) is 26.9 Å². The van der Waals surface area contributed by atoms with Crippen molar-refractivity contribution in [3.05, 3.63) is 81.7 Å². The van der Waals surface area contributed by atoms with Crippen LogP contribution in [0.4, 0.5) is 9.18 Å². The van der Waals surface area contributed by atoms with Crippen LogP contribution in [0.15, 0.2) is 48.5 Å². The van der Waals surface area contributed by atoms with E-state index in [9.17, 15) is 9.18 Å². The van der Waals surface area contributed by atoms with Crippen LogP contribution in [0.25, 0.3) is 12.2 Å². The molecular weight excluding hydrogens is 471 g/mol. The van der Waals surface area contributed by atoms with Gasteiger partial charge in [-0.3, -0.25) is 4.90 Å². The summed E-state index contributed by atoms with van der Waals surface area (Å²) < 4.78 is 29.7. The van der Waals surface area contributed by atoms with Crippen LogP contribution in [0.5, 0.6) is 11.5 Å². The molecule has 3 aromatic rings. The molecule has 35 heavy (non-hydrogen) atoms. The van der Waals surface area contributed by atoms with E-state index in [1.807, 2.05) is 24.3 Å². The quantitative estimate of drug-likeness (QED) is 0.415. The number of methoxy groups -OCH3 is 1. The minimum absolute atomic E-state index is 0.0501. The van der Waals surface area contributed by atoms with Gasteiger partial charge in [-0.05, 0) is 60.4 Å². The third-order valence-electron chi connectivity index (χ3n) is 6.30. The zero-order chi connectivity index (χ0) is 24.4. The molecule has 1 aliphatic carbocycles. The maximum absolute atomic E-state index is 13.3. The summed E-state index contributed by atoms with van der Waals surface area (Å²) in [7, 11) is 1.63. The molecule has 0 fully saturated rings. The van der Waals surface area contributed by atoms with Crippen molar-refractivity contribution >= 4 is 29.8 Å². The summed E-state index contributed by atoms with van der Waals surface area (Å²) in [4.78, 5) is 18.5. The molecule has 2 unspecified atom stereocenters. The van der Waals surface area contributed by atoms with E-state index in [1.54, 1.807) is 12.0 Å². The highest BCUT2D eigenvalue weighted by molar-refractivity contribution is 6.24. The Labute approximate surface area is 207 Å². The molecule has 5 rings (SSSR count). The fourth-order valence-electron chi connectivity index (χ4n) is 4.64. The lowest BCUT2D eigenvalue weighted by atomic mass is 9.92. The van der Waals surface area contributed by atoms with Crippen LogP contribution in [0.2, 0.25) is 0 Å². The SMILES string of the molecule is COCCOc1ccc(C2c3[nH]c4c(c3CCN2C(=O)Oc2ccc(F)cc2)=CC(Cl)CC=4)cc1. The predicted molar refractivity (Wildman–Crippen MR) is 132 cm³/mol. The molecule has 0 spiro atoms. The molecule has 8 heteroatoms. The van der Waals surface area contributed by atoms with Crippen LogP contribution in [0, 0.1) is 5.82 Å². The maximum Gasteiger partial charge on any atom is 0.416 e. The Bertz CT molecular complexity index is 1320. The number of ether oxygens (including phenoxy) is 3. The molecule has 0 bridgehead atoms. The van der Waals surface area contributed by atoms with Crippen molar-refractivity contribution < 1.29 is 23.4 Å². The molecule has 0 saturated heterocycles. The first kappa shape index (κ1) is 23.5. The summed E-state index contributed by atoms with van der Waals surface area (Å²) in [6.07, 6.45) is 5.12. The number of hydrogen-bond acceptors (Lipinski definition) is 4. The summed E-state index contributed by atoms with van der Waals surface area (Å²) in [5, 5.41) is 2.10. The number of carbonyl (C=O) groups excluding carboxylic acids is 1. The Kier molecular flexibility index (Phi) is 6.79. The number of carbonyl (C=O) groups is 1. The van der Waals surface area contributed by atoms with Crippen LogP contribution in [-0.2, 0) is 11.2 Å². The van der Waals surface area contributed by atoms with E-state index in [0.717, 1.165) is 39.6 Å². The number of halogens is 2. The van der Waals surface area contributed by atoms with Crippen molar-refractivity contribution in [2.45, 2.75) is 24.3 Å². The fourth-order valence-corrected chi connectivity index (χ4v) is 4.86. The minimum atomic E-state index is -0.497. The Morgan fingerprint density at radius 2 is 1.86 bits per heavy atom. The minimum Gasteiger partial charge on any atom is -0.491 e. The van der Waals surface area contributed by atoms with Crippen molar-refractivity contribution in [2.24, 2.45) is 0 Å². The molecule has 6 nitrogen and oxygen atoms in total. The van der Waals surface area contributed by atoms with Crippen LogP contribution in [0.1, 0.15) is 29.3 Å². The number of hydrogen-bond donors (Lipinski definition) is 1. The number of amides is 1. The highest BCUT2D eigenvalue weighted by Gasteiger charge is 2.35. The van der Waals surface area contributed by atoms with Crippen molar-refractivity contribution in [3.8, 4) is 11.5 Å². The van der Waals surface area contributed by atoms with Gasteiger partial charge in [-0.25, -0.2) is 9.18 Å². The van der Waals surface area contributed by atoms with E-state index < -0.39 is 6.09 Å². The lowest BCUT2D eigenvalue weighted by molar-refractivity contribution is 0.135. The number of aromatic amines is 1. The topological polar surface area (TPSA) is 63.8 Å². The Morgan fingerprint density at radius 1 is 1.11 bits per heavy atom. The number of alkyl halides is 1. The largest absolute Gasteiger partial charge is 0.491 e. The number of rotatable bonds is 6. The molecule has 2 heterocycles. The molecule has 1 aliphatic heterocycles. The molecule has 0 saturated carbocycles. The number of nitrogens with zero attached hydrogens (tertiary/aromatic N) is 1. The third-order valence-corrected chi connectivity index (χ3v) is 6.60. The van der Waals surface area contributed by atoms with Crippen molar-refractivity contribution in [1.82, 2.24) is 9.88 Å². The normalized spacial score (nSPS) is 18.7. The number of H-pyrrole nitrogens is 1. The zero-order valence-corrected chi connectivity index (χ0v) is 20.1. The van der Waals surface area contributed by atoms with Gasteiger partial charge in [0.15, 0.2) is 0 Å². The summed E-state index contributed by atoms with van der Waals surface area (Å²) in [6, 6.07) is 12.7. The van der Waals surface area contributed by atoms with Gasteiger partial charge >= 0.3 is 6.09 Å². The maximum atomic E-state index is 13.3. The van der Waals surface area contributed by atoms with Gasteiger partial charge in [0.1, 0.15) is 30.0 Å². The second kappa shape index (κ2) is 10.1. The summed E-state index contributed by atoms with van der Waals surface area (Å²) in [6.45, 7) is 1.42. The predicted octanol–water partition coefficient (Wildman–Crippen LogP) is 3.90. The molecular formula is C27H26ClFN2O4. The van der Waals surface area contributed by atoms with Crippen LogP contribution in [0.3, 0.4) is 0 Å². The van der Waals surface area contributed by atoms with Crippen molar-refractivity contribution in [1.29, 1.82) is 0 Å². The van der Waals surface area contributed by atoms with E-state index in [0.29, 0.717) is 31.9 Å². The van der Waals surface area contributed by atoms with Crippen LogP contribution >= 0.6 is 11.6 Å². The smallest absolute Gasteiger partial charge is 0.416 e. The van der Waals surface area contributed by atoms with Gasteiger partial charge in [-0.1, -0.05) is 24.3 Å². The molecule has 1 aromatic heterocycles. The van der Waals surface area contributed by atoms with E-state index in [2.05, 4.69) is 17.1 Å². The van der Waals surface area contributed by atoms with E-state index in [4.69, 9.17) is 25.8 Å². The standard InChI is InChI=1S/C27H26ClFN2O4/c1-33-14-15-34-20-7-2-17(3-8-20)26-25-22(23-16-18(28)4-11-24(23)30-25)12-13-31(26)27(32)35-21-9-5-19(29)6-10-21/h2-3,5-11,16,18,26,30H,4,12-15H2,1H3. The monoisotopic (exact) mass is 496 g/mol. The first-order valence-electron chi connectivity index (χ1n) is 11.6. The average molecular weight is 497 g/mol. The van der Waals surface area contributed by atoms with Gasteiger partial charge in [-0.2, -0.15) is 0 Å². The van der Waals surface area contributed by atoms with E-state index in [-0.39, 0.29) is 17.2 Å². The zero-order valence-electron chi connectivity index (χ0n) is 19.3. The van der Waals surface area contributed by atoms with Crippen LogP contribution < -0.4 is 20.0 Å². The van der Waals surface area contributed by atoms with Crippen molar-refractivity contribution in [3.63, 3.8) is 0 Å². The molecule has 2 atom stereocenters. The van der Waals surface area contributed by atoms with Crippen LogP contribution in [-0.4, -0.2) is 48.2 Å². The molecule has 1 amide bonds. The summed E-state index contributed by atoms with van der Waals surface area (Å²) in [5.74, 6) is 0.625. The van der Waals surface area contributed by atoms with Gasteiger partial charge in [0, 0.05) is 29.9 Å². The number of nitrogens with one attached hydrogen (secondary N) is 1. The van der Waals surface area contributed by atoms with Gasteiger partial charge < -0.3 is 19.2 Å². The fraction of sp³-hybridized carbons (Fsp3) is 0.296. The Hall–Kier alpha value is -3.29. The molecule has 182 valence electrons. The molecule has 2 aromatic carbocycles. The summed E-state index contributed by atoms with van der Waals surface area (Å²) >= 11 is 6.41. The van der Waals surface area contributed by atoms with E-state index >= 15 is 0 Å². The van der Waals surface area contributed by atoms with Gasteiger partial charge in [0.05, 0.1) is 12.0 Å². The average Bonchev–Trinajstić information content (AvgIpc) is 3.23. The van der Waals surface area contributed by atoms with Gasteiger partial charge in [-0.15, -0.1) is 11.6 Å². The second-order valence-corrected chi connectivity index (χ2v) is 9.11. The lowest BCUT2D eigenvalue weighted by Crippen LogP contribution is -2.43. The molecule has 2 aliphatic rings. The number of benzene rings is 2. The number of fused-ring (bicyclic) bond motifs is 3. The first-order chi connectivity index (χ1) is 17.0. The first-order valence-corrected chi connectivity index (χ1v) is 12.0. The van der Waals surface area contributed by atoms with E-state index in [1.165, 1.54) is 24.3 Å². The second-order valence-electron chi connectivity index (χ2n) is 8.55. The third kappa shape index (κ3) is 4.92. The Balaban J connectivity index is 1.50. The summed E-state index contributed by atoms with van der Waals surface area (Å²) in [5.41, 5.74) is 3.03. The molecule has 0 radical (unpaired) electrons. The lowest BCUT2D eigenvalue weighted by Gasteiger charge is -2.35. The highest BCUT2D eigenvalue weighted by atomic mass is 35.5. The molecule has 1 N–H and O–H groups in total.